The lowest BCUT2D eigenvalue weighted by Gasteiger charge is -2.36. The number of nitrogens with zero attached hydrogens (tertiary/aromatic N) is 4. The minimum atomic E-state index is -0.552. The Hall–Kier alpha value is -3.24. The Kier molecular flexibility index (Phi) is 6.52. The first-order chi connectivity index (χ1) is 15.4. The maximum absolute atomic E-state index is 12.5. The fourth-order valence-electron chi connectivity index (χ4n) is 3.42. The number of nitro benzene ring substituents is 1. The van der Waals surface area contributed by atoms with Gasteiger partial charge >= 0.3 is 0 Å². The number of halogens is 1. The molecule has 10 heteroatoms. The third-order valence-electron chi connectivity index (χ3n) is 5.13. The van der Waals surface area contributed by atoms with Gasteiger partial charge in [0.2, 0.25) is 0 Å². The smallest absolute Gasteiger partial charge is 0.271 e. The molecule has 0 bridgehead atoms. The maximum atomic E-state index is 12.5. The molecule has 1 amide bonds. The number of hydrogen-bond acceptors (Lipinski definition) is 7. The summed E-state index contributed by atoms with van der Waals surface area (Å²) in [7, 11) is 0. The van der Waals surface area contributed by atoms with Gasteiger partial charge in [-0.25, -0.2) is 0 Å². The zero-order valence-electron chi connectivity index (χ0n) is 16.8. The fourth-order valence-corrected chi connectivity index (χ4v) is 4.57. The number of benzene rings is 2. The zero-order chi connectivity index (χ0) is 22.7. The van der Waals surface area contributed by atoms with Crippen LogP contribution in [0.2, 0.25) is 0 Å². The standard InChI is InChI=1S/C22H19BrN4O4S/c23-19-13-18(27(30)31)12-15(21(19)28)14-24-16-3-5-17(6-4-16)25-7-9-26(10-8-25)22(29)20-2-1-11-32-20/h1-6,11-14,28H,7-10H2/p-1. The Balaban J connectivity index is 1.40. The van der Waals surface area contributed by atoms with E-state index >= 15 is 0 Å². The van der Waals surface area contributed by atoms with Gasteiger partial charge in [0.05, 0.1) is 15.5 Å². The van der Waals surface area contributed by atoms with Crippen molar-refractivity contribution < 1.29 is 14.8 Å². The highest BCUT2D eigenvalue weighted by Gasteiger charge is 2.22. The van der Waals surface area contributed by atoms with Crippen molar-refractivity contribution in [1.82, 2.24) is 4.90 Å². The second-order valence-electron chi connectivity index (χ2n) is 7.13. The number of carbonyl (C=O) groups is 1. The average Bonchev–Trinajstić information content (AvgIpc) is 3.35. The molecule has 0 saturated carbocycles. The summed E-state index contributed by atoms with van der Waals surface area (Å²) in [6.45, 7) is 2.79. The summed E-state index contributed by atoms with van der Waals surface area (Å²) in [5.41, 5.74) is 1.61. The topological polar surface area (TPSA) is 102 Å². The summed E-state index contributed by atoms with van der Waals surface area (Å²) in [6, 6.07) is 13.6. The summed E-state index contributed by atoms with van der Waals surface area (Å²) in [5.74, 6) is -0.277. The summed E-state index contributed by atoms with van der Waals surface area (Å²) in [4.78, 5) is 32.1. The van der Waals surface area contributed by atoms with Gasteiger partial charge in [-0.1, -0.05) is 27.7 Å². The molecule has 0 spiro atoms. The van der Waals surface area contributed by atoms with Crippen LogP contribution in [0, 0.1) is 10.1 Å². The lowest BCUT2D eigenvalue weighted by Crippen LogP contribution is -2.48. The van der Waals surface area contributed by atoms with E-state index in [1.807, 2.05) is 46.7 Å². The molecular formula is C22H18BrN4O4S-. The molecule has 2 aromatic carbocycles. The largest absolute Gasteiger partial charge is 0.871 e. The molecule has 1 fully saturated rings. The van der Waals surface area contributed by atoms with Crippen LogP contribution in [0.15, 0.2) is 63.4 Å². The molecule has 0 atom stereocenters. The number of aliphatic imine (C=N–C) groups is 1. The summed E-state index contributed by atoms with van der Waals surface area (Å²) in [6.07, 6.45) is 1.34. The molecule has 0 aliphatic carbocycles. The lowest BCUT2D eigenvalue weighted by molar-refractivity contribution is -0.385. The van der Waals surface area contributed by atoms with Gasteiger partial charge in [0.1, 0.15) is 0 Å². The predicted octanol–water partition coefficient (Wildman–Crippen LogP) is 4.21. The molecule has 8 nitrogen and oxygen atoms in total. The van der Waals surface area contributed by atoms with E-state index in [2.05, 4.69) is 25.8 Å². The summed E-state index contributed by atoms with van der Waals surface area (Å²) in [5, 5.41) is 25.1. The van der Waals surface area contributed by atoms with Gasteiger partial charge in [-0.3, -0.25) is 19.9 Å². The van der Waals surface area contributed by atoms with Crippen LogP contribution in [0.25, 0.3) is 0 Å². The van der Waals surface area contributed by atoms with Crippen LogP contribution >= 0.6 is 27.3 Å². The Labute approximate surface area is 196 Å². The number of piperazine rings is 1. The van der Waals surface area contributed by atoms with Crippen molar-refractivity contribution in [3.05, 3.63) is 78.9 Å². The number of nitro groups is 1. The van der Waals surface area contributed by atoms with E-state index in [1.54, 1.807) is 0 Å². The van der Waals surface area contributed by atoms with Crippen LogP contribution in [0.1, 0.15) is 15.2 Å². The lowest BCUT2D eigenvalue weighted by atomic mass is 10.2. The molecule has 4 rings (SSSR count). The molecule has 1 saturated heterocycles. The van der Waals surface area contributed by atoms with Gasteiger partial charge in [-0.15, -0.1) is 11.3 Å². The van der Waals surface area contributed by atoms with Crippen LogP contribution in [-0.2, 0) is 0 Å². The van der Waals surface area contributed by atoms with Crippen molar-refractivity contribution in [2.75, 3.05) is 31.1 Å². The van der Waals surface area contributed by atoms with E-state index in [1.165, 1.54) is 29.7 Å². The molecule has 0 N–H and O–H groups in total. The second kappa shape index (κ2) is 9.49. The Morgan fingerprint density at radius 1 is 1.12 bits per heavy atom. The van der Waals surface area contributed by atoms with Crippen LogP contribution in [0.3, 0.4) is 0 Å². The highest BCUT2D eigenvalue weighted by atomic mass is 79.9. The summed E-state index contributed by atoms with van der Waals surface area (Å²) < 4.78 is 0.125. The van der Waals surface area contributed by atoms with Gasteiger partial charge in [0.15, 0.2) is 0 Å². The Morgan fingerprint density at radius 2 is 1.84 bits per heavy atom. The van der Waals surface area contributed by atoms with Crippen molar-refractivity contribution in [2.45, 2.75) is 0 Å². The van der Waals surface area contributed by atoms with Gasteiger partial charge in [0, 0.05) is 54.7 Å². The number of hydrogen-bond donors (Lipinski definition) is 0. The zero-order valence-corrected chi connectivity index (χ0v) is 19.2. The van der Waals surface area contributed by atoms with Crippen molar-refractivity contribution >= 4 is 56.5 Å². The first-order valence-corrected chi connectivity index (χ1v) is 11.5. The van der Waals surface area contributed by atoms with E-state index in [-0.39, 0.29) is 27.4 Å². The highest BCUT2D eigenvalue weighted by molar-refractivity contribution is 9.10. The van der Waals surface area contributed by atoms with Crippen molar-refractivity contribution in [3.8, 4) is 5.75 Å². The number of rotatable bonds is 5. The third-order valence-corrected chi connectivity index (χ3v) is 6.58. The highest BCUT2D eigenvalue weighted by Crippen LogP contribution is 2.30. The monoisotopic (exact) mass is 513 g/mol. The van der Waals surface area contributed by atoms with Crippen LogP contribution in [0.4, 0.5) is 17.1 Å². The minimum absolute atomic E-state index is 0.0786. The molecule has 0 radical (unpaired) electrons. The van der Waals surface area contributed by atoms with E-state index in [0.29, 0.717) is 18.8 Å². The van der Waals surface area contributed by atoms with Gasteiger partial charge in [-0.05, 0) is 41.3 Å². The fraction of sp³-hybridized carbons (Fsp3) is 0.182. The molecule has 164 valence electrons. The molecule has 1 aliphatic rings. The first-order valence-electron chi connectivity index (χ1n) is 9.79. The van der Waals surface area contributed by atoms with Crippen molar-refractivity contribution in [1.29, 1.82) is 0 Å². The Bertz CT molecular complexity index is 1160. The Morgan fingerprint density at radius 3 is 2.47 bits per heavy atom. The van der Waals surface area contributed by atoms with Gasteiger partial charge in [-0.2, -0.15) is 0 Å². The van der Waals surface area contributed by atoms with Gasteiger partial charge < -0.3 is 14.9 Å². The SMILES string of the molecule is O=C(c1cccs1)N1CCN(c2ccc(N=Cc3cc([N+](=O)[O-])cc(Br)c3[O-])cc2)CC1. The van der Waals surface area contributed by atoms with E-state index < -0.39 is 4.92 Å². The molecule has 1 aromatic heterocycles. The number of carbonyl (C=O) groups excluding carboxylic acids is 1. The van der Waals surface area contributed by atoms with Gasteiger partial charge in [0.25, 0.3) is 11.6 Å². The number of amides is 1. The van der Waals surface area contributed by atoms with Crippen LogP contribution in [-0.4, -0.2) is 48.1 Å². The number of anilines is 1. The van der Waals surface area contributed by atoms with E-state index in [4.69, 9.17) is 0 Å². The van der Waals surface area contributed by atoms with Crippen LogP contribution in [0.5, 0.6) is 5.75 Å². The quantitative estimate of drug-likeness (QED) is 0.289. The predicted molar refractivity (Wildman–Crippen MR) is 126 cm³/mol. The molecular weight excluding hydrogens is 496 g/mol. The van der Waals surface area contributed by atoms with Crippen LogP contribution < -0.4 is 10.0 Å². The van der Waals surface area contributed by atoms with E-state index in [0.717, 1.165) is 23.7 Å². The van der Waals surface area contributed by atoms with Crippen molar-refractivity contribution in [3.63, 3.8) is 0 Å². The minimum Gasteiger partial charge on any atom is -0.871 e. The summed E-state index contributed by atoms with van der Waals surface area (Å²) >= 11 is 4.52. The average molecular weight is 514 g/mol. The molecule has 32 heavy (non-hydrogen) atoms. The molecule has 1 aliphatic heterocycles. The normalized spacial score (nSPS) is 14.2. The molecule has 0 unspecified atom stereocenters. The van der Waals surface area contributed by atoms with Crippen molar-refractivity contribution in [2.24, 2.45) is 4.99 Å². The maximum Gasteiger partial charge on any atom is 0.271 e. The number of thiophene rings is 1. The first kappa shape index (κ1) is 22.0. The number of non-ortho nitro benzene ring substituents is 1. The molecule has 2 heterocycles. The van der Waals surface area contributed by atoms with E-state index in [9.17, 15) is 20.0 Å². The third kappa shape index (κ3) is 4.81. The molecule has 3 aromatic rings. The second-order valence-corrected chi connectivity index (χ2v) is 8.94.